The fraction of sp³-hybridized carbons (Fsp3) is 0.316. The highest BCUT2D eigenvalue weighted by molar-refractivity contribution is 5.94. The van der Waals surface area contributed by atoms with Crippen LogP contribution in [0, 0.1) is 0 Å². The minimum atomic E-state index is -0.0669. The third kappa shape index (κ3) is 3.83. The smallest absolute Gasteiger partial charge is 0.264 e. The van der Waals surface area contributed by atoms with Gasteiger partial charge in [-0.1, -0.05) is 18.2 Å². The molecule has 23 heavy (non-hydrogen) atoms. The van der Waals surface area contributed by atoms with Gasteiger partial charge in [-0.3, -0.25) is 4.79 Å². The Morgan fingerprint density at radius 1 is 1.04 bits per heavy atom. The van der Waals surface area contributed by atoms with Gasteiger partial charge >= 0.3 is 0 Å². The van der Waals surface area contributed by atoms with Crippen molar-refractivity contribution in [2.24, 2.45) is 0 Å². The van der Waals surface area contributed by atoms with Crippen molar-refractivity contribution in [1.82, 2.24) is 0 Å². The van der Waals surface area contributed by atoms with E-state index in [4.69, 9.17) is 4.74 Å². The summed E-state index contributed by atoms with van der Waals surface area (Å²) in [5, 5.41) is 0. The highest BCUT2D eigenvalue weighted by Gasteiger charge is 2.14. The van der Waals surface area contributed by atoms with E-state index in [1.807, 2.05) is 42.5 Å². The van der Waals surface area contributed by atoms with E-state index in [-0.39, 0.29) is 12.5 Å². The third-order valence-electron chi connectivity index (χ3n) is 4.19. The molecule has 1 heterocycles. The van der Waals surface area contributed by atoms with Crippen molar-refractivity contribution >= 4 is 17.3 Å². The van der Waals surface area contributed by atoms with Crippen molar-refractivity contribution in [2.75, 3.05) is 36.5 Å². The molecular formula is C19H22N2O2. The van der Waals surface area contributed by atoms with Crippen LogP contribution in [-0.2, 0) is 4.79 Å². The van der Waals surface area contributed by atoms with Gasteiger partial charge in [0.2, 0.25) is 0 Å². The molecule has 0 bridgehead atoms. The van der Waals surface area contributed by atoms with E-state index >= 15 is 0 Å². The number of hydrogen-bond donors (Lipinski definition) is 0. The number of para-hydroxylation sites is 1. The second-order valence-electron chi connectivity index (χ2n) is 5.77. The molecule has 0 aromatic heterocycles. The number of rotatable bonds is 5. The largest absolute Gasteiger partial charge is 0.484 e. The van der Waals surface area contributed by atoms with Crippen LogP contribution < -0.4 is 14.5 Å². The Balaban J connectivity index is 1.58. The van der Waals surface area contributed by atoms with Crippen LogP contribution in [0.15, 0.2) is 54.6 Å². The second kappa shape index (κ2) is 7.18. The van der Waals surface area contributed by atoms with Crippen molar-refractivity contribution in [3.8, 4) is 5.75 Å². The SMILES string of the molecule is CN(C(=O)COc1ccccc1)c1ccc(N2CCCC2)cc1. The molecule has 4 heteroatoms. The minimum absolute atomic E-state index is 0.0361. The average molecular weight is 310 g/mol. The zero-order valence-electron chi connectivity index (χ0n) is 13.4. The number of anilines is 2. The van der Waals surface area contributed by atoms with Gasteiger partial charge in [-0.2, -0.15) is 0 Å². The number of likely N-dealkylation sites (N-methyl/N-ethyl adjacent to an activating group) is 1. The van der Waals surface area contributed by atoms with E-state index in [9.17, 15) is 4.79 Å². The van der Waals surface area contributed by atoms with Crippen LogP contribution in [0.3, 0.4) is 0 Å². The van der Waals surface area contributed by atoms with Gasteiger partial charge in [0.1, 0.15) is 5.75 Å². The molecule has 1 amide bonds. The molecule has 0 unspecified atom stereocenters. The van der Waals surface area contributed by atoms with Crippen LogP contribution in [-0.4, -0.2) is 32.7 Å². The molecule has 3 rings (SSSR count). The number of ether oxygens (including phenoxy) is 1. The maximum absolute atomic E-state index is 12.2. The standard InChI is InChI=1S/C19H22N2O2/c1-20(19(22)15-23-18-7-3-2-4-8-18)16-9-11-17(12-10-16)21-13-5-6-14-21/h2-4,7-12H,5-6,13-15H2,1H3. The van der Waals surface area contributed by atoms with Crippen molar-refractivity contribution in [3.05, 3.63) is 54.6 Å². The number of carbonyl (C=O) groups is 1. The fourth-order valence-corrected chi connectivity index (χ4v) is 2.76. The zero-order valence-corrected chi connectivity index (χ0v) is 13.4. The van der Waals surface area contributed by atoms with E-state index in [1.165, 1.54) is 18.5 Å². The molecule has 0 atom stereocenters. The first kappa shape index (κ1) is 15.4. The van der Waals surface area contributed by atoms with Crippen molar-refractivity contribution < 1.29 is 9.53 Å². The quantitative estimate of drug-likeness (QED) is 0.849. The summed E-state index contributed by atoms with van der Waals surface area (Å²) >= 11 is 0. The maximum atomic E-state index is 12.2. The Labute approximate surface area is 137 Å². The summed E-state index contributed by atoms with van der Waals surface area (Å²) in [7, 11) is 1.78. The van der Waals surface area contributed by atoms with Gasteiger partial charge in [0.25, 0.3) is 5.91 Å². The van der Waals surface area contributed by atoms with E-state index in [2.05, 4.69) is 17.0 Å². The van der Waals surface area contributed by atoms with Gasteiger partial charge < -0.3 is 14.5 Å². The molecule has 120 valence electrons. The summed E-state index contributed by atoms with van der Waals surface area (Å²) in [5.41, 5.74) is 2.11. The summed E-state index contributed by atoms with van der Waals surface area (Å²) in [6.07, 6.45) is 2.52. The first-order valence-electron chi connectivity index (χ1n) is 8.03. The lowest BCUT2D eigenvalue weighted by molar-refractivity contribution is -0.120. The summed E-state index contributed by atoms with van der Waals surface area (Å²) < 4.78 is 5.52. The lowest BCUT2D eigenvalue weighted by Gasteiger charge is -2.21. The van der Waals surface area contributed by atoms with Crippen LogP contribution in [0.5, 0.6) is 5.75 Å². The highest BCUT2D eigenvalue weighted by atomic mass is 16.5. The van der Waals surface area contributed by atoms with E-state index < -0.39 is 0 Å². The lowest BCUT2D eigenvalue weighted by Crippen LogP contribution is -2.31. The average Bonchev–Trinajstić information content (AvgIpc) is 3.15. The van der Waals surface area contributed by atoms with Crippen LogP contribution >= 0.6 is 0 Å². The predicted molar refractivity (Wildman–Crippen MR) is 93.2 cm³/mol. The molecule has 1 saturated heterocycles. The molecule has 1 aliphatic rings. The van der Waals surface area contributed by atoms with Gasteiger partial charge in [0.15, 0.2) is 6.61 Å². The molecule has 0 radical (unpaired) electrons. The maximum Gasteiger partial charge on any atom is 0.264 e. The molecule has 0 saturated carbocycles. The van der Waals surface area contributed by atoms with Gasteiger partial charge in [-0.05, 0) is 49.2 Å². The fourth-order valence-electron chi connectivity index (χ4n) is 2.76. The van der Waals surface area contributed by atoms with Gasteiger partial charge in [0, 0.05) is 31.5 Å². The predicted octanol–water partition coefficient (Wildman–Crippen LogP) is 3.33. The summed E-state index contributed by atoms with van der Waals surface area (Å²) in [5.74, 6) is 0.640. The van der Waals surface area contributed by atoms with Crippen LogP contribution in [0.4, 0.5) is 11.4 Å². The lowest BCUT2D eigenvalue weighted by atomic mass is 10.2. The summed E-state index contributed by atoms with van der Waals surface area (Å²) in [4.78, 5) is 16.3. The first-order chi connectivity index (χ1) is 11.2. The highest BCUT2D eigenvalue weighted by Crippen LogP contribution is 2.23. The topological polar surface area (TPSA) is 32.8 Å². The molecule has 2 aromatic rings. The number of nitrogens with zero attached hydrogens (tertiary/aromatic N) is 2. The third-order valence-corrected chi connectivity index (χ3v) is 4.19. The Hall–Kier alpha value is -2.49. The van der Waals surface area contributed by atoms with Crippen molar-refractivity contribution in [1.29, 1.82) is 0 Å². The Kier molecular flexibility index (Phi) is 4.81. The van der Waals surface area contributed by atoms with Gasteiger partial charge in [-0.25, -0.2) is 0 Å². The van der Waals surface area contributed by atoms with Crippen molar-refractivity contribution in [2.45, 2.75) is 12.8 Å². The minimum Gasteiger partial charge on any atom is -0.484 e. The number of hydrogen-bond acceptors (Lipinski definition) is 3. The molecule has 1 aliphatic heterocycles. The normalized spacial score (nSPS) is 13.9. The summed E-state index contributed by atoms with van der Waals surface area (Å²) in [6.45, 7) is 2.28. The molecule has 0 spiro atoms. The number of benzene rings is 2. The monoisotopic (exact) mass is 310 g/mol. The Bertz CT molecular complexity index is 634. The van der Waals surface area contributed by atoms with E-state index in [1.54, 1.807) is 11.9 Å². The van der Waals surface area contributed by atoms with Crippen LogP contribution in [0.25, 0.3) is 0 Å². The van der Waals surface area contributed by atoms with Gasteiger partial charge in [0.05, 0.1) is 0 Å². The first-order valence-corrected chi connectivity index (χ1v) is 8.03. The zero-order chi connectivity index (χ0) is 16.1. The van der Waals surface area contributed by atoms with Gasteiger partial charge in [-0.15, -0.1) is 0 Å². The van der Waals surface area contributed by atoms with Crippen LogP contribution in [0.2, 0.25) is 0 Å². The summed E-state index contributed by atoms with van der Waals surface area (Å²) in [6, 6.07) is 17.5. The number of amides is 1. The number of carbonyl (C=O) groups excluding carboxylic acids is 1. The van der Waals surface area contributed by atoms with E-state index in [0.717, 1.165) is 18.8 Å². The molecule has 4 nitrogen and oxygen atoms in total. The molecule has 2 aromatic carbocycles. The second-order valence-corrected chi connectivity index (χ2v) is 5.77. The van der Waals surface area contributed by atoms with Crippen LogP contribution in [0.1, 0.15) is 12.8 Å². The Morgan fingerprint density at radius 2 is 1.70 bits per heavy atom. The Morgan fingerprint density at radius 3 is 2.35 bits per heavy atom. The molecular weight excluding hydrogens is 288 g/mol. The molecule has 0 N–H and O–H groups in total. The van der Waals surface area contributed by atoms with Crippen molar-refractivity contribution in [3.63, 3.8) is 0 Å². The van der Waals surface area contributed by atoms with E-state index in [0.29, 0.717) is 5.75 Å². The molecule has 0 aliphatic carbocycles. The molecule has 1 fully saturated rings.